The van der Waals surface area contributed by atoms with Crippen LogP contribution in [0, 0.1) is 11.3 Å². The van der Waals surface area contributed by atoms with Crippen LogP contribution in [0.3, 0.4) is 0 Å². The maximum Gasteiger partial charge on any atom is 0.316 e. The van der Waals surface area contributed by atoms with E-state index in [4.69, 9.17) is 9.47 Å². The smallest absolute Gasteiger partial charge is 0.316 e. The van der Waals surface area contributed by atoms with Crippen LogP contribution < -0.4 is 0 Å². The molecule has 0 unspecified atom stereocenters. The molecule has 1 saturated heterocycles. The highest BCUT2D eigenvalue weighted by molar-refractivity contribution is 5.78. The molecule has 0 aromatic carbocycles. The Hall–Kier alpha value is -0.570. The van der Waals surface area contributed by atoms with Gasteiger partial charge in [-0.1, -0.05) is 13.8 Å². The van der Waals surface area contributed by atoms with E-state index in [0.29, 0.717) is 25.7 Å². The lowest BCUT2D eigenvalue weighted by molar-refractivity contribution is -0.188. The minimum Gasteiger partial charge on any atom is -0.465 e. The van der Waals surface area contributed by atoms with E-state index in [2.05, 4.69) is 13.8 Å². The first-order chi connectivity index (χ1) is 6.10. The summed E-state index contributed by atoms with van der Waals surface area (Å²) in [5.41, 5.74) is -0.329. The van der Waals surface area contributed by atoms with Gasteiger partial charge in [0.05, 0.1) is 19.8 Å². The summed E-state index contributed by atoms with van der Waals surface area (Å²) in [6, 6.07) is 0. The van der Waals surface area contributed by atoms with Crippen LogP contribution in [-0.2, 0) is 14.3 Å². The van der Waals surface area contributed by atoms with Gasteiger partial charge in [0.15, 0.2) is 0 Å². The van der Waals surface area contributed by atoms with Crippen molar-refractivity contribution in [3.63, 3.8) is 0 Å². The molecule has 3 nitrogen and oxygen atoms in total. The fourth-order valence-corrected chi connectivity index (χ4v) is 1.73. The first-order valence-electron chi connectivity index (χ1n) is 4.85. The van der Waals surface area contributed by atoms with Crippen LogP contribution in [-0.4, -0.2) is 25.8 Å². The molecule has 0 saturated carbocycles. The highest BCUT2D eigenvalue weighted by Crippen LogP contribution is 2.35. The summed E-state index contributed by atoms with van der Waals surface area (Å²) in [5.74, 6) is 0.420. The zero-order valence-corrected chi connectivity index (χ0v) is 8.63. The average Bonchev–Trinajstić information content (AvgIpc) is 1.96. The van der Waals surface area contributed by atoms with E-state index in [1.165, 1.54) is 0 Å². The van der Waals surface area contributed by atoms with Crippen LogP contribution in [0.2, 0.25) is 0 Å². The molecule has 1 fully saturated rings. The molecule has 0 spiro atoms. The van der Waals surface area contributed by atoms with Crippen LogP contribution in [0.15, 0.2) is 0 Å². The predicted molar refractivity (Wildman–Crippen MR) is 49.3 cm³/mol. The Kier molecular flexibility index (Phi) is 3.31. The normalized spacial score (nSPS) is 19.7. The van der Waals surface area contributed by atoms with Gasteiger partial charge in [-0.15, -0.1) is 0 Å². The SMILES string of the molecule is CCOC(=O)C1(CC(C)C)COC1. The third-order valence-electron chi connectivity index (χ3n) is 2.26. The summed E-state index contributed by atoms with van der Waals surface area (Å²) in [7, 11) is 0. The Morgan fingerprint density at radius 3 is 2.46 bits per heavy atom. The van der Waals surface area contributed by atoms with Crippen LogP contribution in [0.5, 0.6) is 0 Å². The summed E-state index contributed by atoms with van der Waals surface area (Å²) in [6.45, 7) is 7.58. The molecule has 0 amide bonds. The van der Waals surface area contributed by atoms with Gasteiger partial charge in [-0.25, -0.2) is 0 Å². The topological polar surface area (TPSA) is 35.5 Å². The van der Waals surface area contributed by atoms with Crippen molar-refractivity contribution < 1.29 is 14.3 Å². The van der Waals surface area contributed by atoms with Crippen LogP contribution >= 0.6 is 0 Å². The molecular formula is C10H18O3. The lowest BCUT2D eigenvalue weighted by Crippen LogP contribution is -2.50. The van der Waals surface area contributed by atoms with Crippen LogP contribution in [0.4, 0.5) is 0 Å². The molecule has 0 N–H and O–H groups in total. The monoisotopic (exact) mass is 186 g/mol. The van der Waals surface area contributed by atoms with Gasteiger partial charge in [0.2, 0.25) is 0 Å². The van der Waals surface area contributed by atoms with E-state index in [1.807, 2.05) is 6.92 Å². The van der Waals surface area contributed by atoms with E-state index in [-0.39, 0.29) is 11.4 Å². The van der Waals surface area contributed by atoms with Crippen LogP contribution in [0.25, 0.3) is 0 Å². The number of ether oxygens (including phenoxy) is 2. The molecule has 0 radical (unpaired) electrons. The Balaban J connectivity index is 2.53. The number of rotatable bonds is 4. The molecule has 76 valence electrons. The van der Waals surface area contributed by atoms with E-state index in [1.54, 1.807) is 0 Å². The third kappa shape index (κ3) is 2.21. The second-order valence-electron chi connectivity index (χ2n) is 4.09. The number of carbonyl (C=O) groups is 1. The lowest BCUT2D eigenvalue weighted by atomic mass is 9.78. The van der Waals surface area contributed by atoms with E-state index in [0.717, 1.165) is 6.42 Å². The zero-order chi connectivity index (χ0) is 9.90. The van der Waals surface area contributed by atoms with Crippen molar-refractivity contribution in [3.8, 4) is 0 Å². The molecule has 0 atom stereocenters. The Morgan fingerprint density at radius 1 is 1.54 bits per heavy atom. The quantitative estimate of drug-likeness (QED) is 0.626. The molecule has 0 bridgehead atoms. The van der Waals surface area contributed by atoms with E-state index < -0.39 is 0 Å². The summed E-state index contributed by atoms with van der Waals surface area (Å²) in [5, 5.41) is 0. The van der Waals surface area contributed by atoms with Crippen molar-refractivity contribution in [1.29, 1.82) is 0 Å². The van der Waals surface area contributed by atoms with E-state index >= 15 is 0 Å². The van der Waals surface area contributed by atoms with Crippen molar-refractivity contribution in [2.75, 3.05) is 19.8 Å². The lowest BCUT2D eigenvalue weighted by Gasteiger charge is -2.39. The second-order valence-corrected chi connectivity index (χ2v) is 4.09. The Bertz CT molecular complexity index is 183. The fourth-order valence-electron chi connectivity index (χ4n) is 1.73. The Morgan fingerprint density at radius 2 is 2.15 bits per heavy atom. The number of hydrogen-bond donors (Lipinski definition) is 0. The maximum absolute atomic E-state index is 11.6. The molecular weight excluding hydrogens is 168 g/mol. The minimum absolute atomic E-state index is 0.0880. The third-order valence-corrected chi connectivity index (χ3v) is 2.26. The molecule has 1 heterocycles. The van der Waals surface area contributed by atoms with Gasteiger partial charge < -0.3 is 9.47 Å². The molecule has 3 heteroatoms. The van der Waals surface area contributed by atoms with Gasteiger partial charge >= 0.3 is 5.97 Å². The summed E-state index contributed by atoms with van der Waals surface area (Å²) in [6.07, 6.45) is 0.867. The first kappa shape index (κ1) is 10.5. The zero-order valence-electron chi connectivity index (χ0n) is 8.63. The highest BCUT2D eigenvalue weighted by Gasteiger charge is 2.47. The maximum atomic E-state index is 11.6. The largest absolute Gasteiger partial charge is 0.465 e. The second kappa shape index (κ2) is 4.09. The predicted octanol–water partition coefficient (Wildman–Crippen LogP) is 1.61. The Labute approximate surface area is 79.4 Å². The van der Waals surface area contributed by atoms with E-state index in [9.17, 15) is 4.79 Å². The average molecular weight is 186 g/mol. The number of hydrogen-bond acceptors (Lipinski definition) is 3. The van der Waals surface area contributed by atoms with Gasteiger partial charge in [0.25, 0.3) is 0 Å². The van der Waals surface area contributed by atoms with Crippen molar-refractivity contribution in [3.05, 3.63) is 0 Å². The first-order valence-corrected chi connectivity index (χ1v) is 4.85. The standard InChI is InChI=1S/C10H18O3/c1-4-13-9(11)10(5-8(2)3)6-12-7-10/h8H,4-7H2,1-3H3. The van der Waals surface area contributed by atoms with Crippen molar-refractivity contribution >= 4 is 5.97 Å². The summed E-state index contributed by atoms with van der Waals surface area (Å²) < 4.78 is 10.1. The fraction of sp³-hybridized carbons (Fsp3) is 0.900. The molecule has 1 aliphatic rings. The van der Waals surface area contributed by atoms with Crippen molar-refractivity contribution in [2.45, 2.75) is 27.2 Å². The number of esters is 1. The minimum atomic E-state index is -0.329. The van der Waals surface area contributed by atoms with Gasteiger partial charge in [-0.05, 0) is 19.3 Å². The molecule has 0 aliphatic carbocycles. The number of carbonyl (C=O) groups excluding carboxylic acids is 1. The summed E-state index contributed by atoms with van der Waals surface area (Å²) in [4.78, 5) is 11.6. The van der Waals surface area contributed by atoms with Gasteiger partial charge in [-0.2, -0.15) is 0 Å². The van der Waals surface area contributed by atoms with Crippen molar-refractivity contribution in [2.24, 2.45) is 11.3 Å². The van der Waals surface area contributed by atoms with Gasteiger partial charge in [0.1, 0.15) is 5.41 Å². The molecule has 0 aromatic rings. The summed E-state index contributed by atoms with van der Waals surface area (Å²) >= 11 is 0. The van der Waals surface area contributed by atoms with Gasteiger partial charge in [0, 0.05) is 0 Å². The molecule has 13 heavy (non-hydrogen) atoms. The van der Waals surface area contributed by atoms with Crippen LogP contribution in [0.1, 0.15) is 27.2 Å². The molecule has 1 aliphatic heterocycles. The molecule has 1 rings (SSSR count). The highest BCUT2D eigenvalue weighted by atomic mass is 16.6. The molecule has 0 aromatic heterocycles. The van der Waals surface area contributed by atoms with Gasteiger partial charge in [-0.3, -0.25) is 4.79 Å². The van der Waals surface area contributed by atoms with Crippen molar-refractivity contribution in [1.82, 2.24) is 0 Å².